The van der Waals surface area contributed by atoms with Gasteiger partial charge < -0.3 is 33.3 Å². The number of rotatable bonds is 45. The van der Waals surface area contributed by atoms with Crippen LogP contribution in [0, 0.1) is 0 Å². The predicted molar refractivity (Wildman–Crippen MR) is 269 cm³/mol. The van der Waals surface area contributed by atoms with Gasteiger partial charge in [-0.1, -0.05) is 188 Å². The lowest BCUT2D eigenvalue weighted by Gasteiger charge is -2.26. The highest BCUT2D eigenvalue weighted by Crippen LogP contribution is 2.15. The van der Waals surface area contributed by atoms with Crippen molar-refractivity contribution in [1.29, 1.82) is 0 Å². The van der Waals surface area contributed by atoms with Crippen molar-refractivity contribution in [2.24, 2.45) is 0 Å². The average molecular weight is 908 g/mol. The van der Waals surface area contributed by atoms with Crippen molar-refractivity contribution in [2.75, 3.05) is 47.5 Å². The zero-order chi connectivity index (χ0) is 47.7. The minimum atomic E-state index is -1.64. The average Bonchev–Trinajstić information content (AvgIpc) is 3.27. The third-order valence-electron chi connectivity index (χ3n) is 10.3. The molecular formula is C56H93NO8. The van der Waals surface area contributed by atoms with E-state index in [0.29, 0.717) is 23.9 Å². The molecule has 0 saturated carbocycles. The molecule has 0 fully saturated rings. The molecule has 65 heavy (non-hydrogen) atoms. The van der Waals surface area contributed by atoms with Gasteiger partial charge in [0.25, 0.3) is 0 Å². The van der Waals surface area contributed by atoms with Crippen LogP contribution in [0.4, 0.5) is 0 Å². The number of carboxylic acids is 1. The largest absolute Gasteiger partial charge is 0.545 e. The third kappa shape index (κ3) is 48.0. The monoisotopic (exact) mass is 908 g/mol. The van der Waals surface area contributed by atoms with Gasteiger partial charge in [-0.3, -0.25) is 9.59 Å². The molecule has 9 heteroatoms. The third-order valence-corrected chi connectivity index (χ3v) is 10.3. The maximum atomic E-state index is 12.8. The van der Waals surface area contributed by atoms with Gasteiger partial charge in [-0.2, -0.15) is 0 Å². The Kier molecular flexibility index (Phi) is 44.0. The van der Waals surface area contributed by atoms with Crippen molar-refractivity contribution in [3.63, 3.8) is 0 Å². The molecule has 0 aliphatic heterocycles. The van der Waals surface area contributed by atoms with Crippen LogP contribution < -0.4 is 5.11 Å². The van der Waals surface area contributed by atoms with E-state index in [4.69, 9.17) is 18.9 Å². The van der Waals surface area contributed by atoms with Gasteiger partial charge >= 0.3 is 11.9 Å². The summed E-state index contributed by atoms with van der Waals surface area (Å²) < 4.78 is 22.5. The van der Waals surface area contributed by atoms with Crippen molar-refractivity contribution < 1.29 is 42.9 Å². The highest BCUT2D eigenvalue weighted by atomic mass is 16.7. The van der Waals surface area contributed by atoms with Crippen LogP contribution in [0.3, 0.4) is 0 Å². The lowest BCUT2D eigenvalue weighted by Crippen LogP contribution is -2.44. The van der Waals surface area contributed by atoms with Gasteiger partial charge in [0, 0.05) is 12.8 Å². The smallest absolute Gasteiger partial charge is 0.306 e. The van der Waals surface area contributed by atoms with Gasteiger partial charge in [-0.25, -0.2) is 0 Å². The Labute approximate surface area is 397 Å². The van der Waals surface area contributed by atoms with E-state index in [9.17, 15) is 19.5 Å². The first-order valence-electron chi connectivity index (χ1n) is 25.4. The van der Waals surface area contributed by atoms with Crippen molar-refractivity contribution in [3.8, 4) is 0 Å². The van der Waals surface area contributed by atoms with Crippen LogP contribution in [0.25, 0.3) is 0 Å². The highest BCUT2D eigenvalue weighted by molar-refractivity contribution is 5.70. The Bertz CT molecular complexity index is 1380. The van der Waals surface area contributed by atoms with Gasteiger partial charge in [0.1, 0.15) is 13.2 Å². The van der Waals surface area contributed by atoms with Crippen molar-refractivity contribution in [3.05, 3.63) is 97.2 Å². The fourth-order valence-corrected chi connectivity index (χ4v) is 6.48. The van der Waals surface area contributed by atoms with E-state index in [2.05, 4.69) is 98.9 Å². The molecule has 0 aromatic rings. The van der Waals surface area contributed by atoms with Crippen LogP contribution in [-0.4, -0.2) is 82.3 Å². The Balaban J connectivity index is 4.30. The van der Waals surface area contributed by atoms with E-state index < -0.39 is 30.3 Å². The molecule has 0 amide bonds. The van der Waals surface area contributed by atoms with Gasteiger partial charge in [-0.15, -0.1) is 0 Å². The number of hydrogen-bond acceptors (Lipinski definition) is 8. The minimum absolute atomic E-state index is 0.133. The topological polar surface area (TPSA) is 111 Å². The van der Waals surface area contributed by atoms with Crippen LogP contribution in [0.2, 0.25) is 0 Å². The number of hydrogen-bond donors (Lipinski definition) is 0. The summed E-state index contributed by atoms with van der Waals surface area (Å²) in [5, 5.41) is 11.7. The second-order valence-corrected chi connectivity index (χ2v) is 17.7. The number of allylic oxidation sites excluding steroid dienone is 16. The van der Waals surface area contributed by atoms with E-state index in [0.717, 1.165) is 70.6 Å². The number of carbonyl (C=O) groups excluding carboxylic acids is 3. The lowest BCUT2D eigenvalue weighted by atomic mass is 10.0. The Morgan fingerprint density at radius 2 is 0.862 bits per heavy atom. The van der Waals surface area contributed by atoms with Crippen LogP contribution in [0.5, 0.6) is 0 Å². The summed E-state index contributed by atoms with van der Waals surface area (Å²) in [6, 6.07) is 0. The molecule has 9 nitrogen and oxygen atoms in total. The number of likely N-dealkylation sites (N-methyl/N-ethyl adjacent to an activating group) is 1. The highest BCUT2D eigenvalue weighted by Gasteiger charge is 2.21. The molecule has 0 N–H and O–H groups in total. The number of ether oxygens (including phenoxy) is 4. The standard InChI is InChI=1S/C56H93NO8/c1-6-8-10-12-14-16-18-20-21-22-23-24-25-26-27-28-29-30-31-32-33-35-37-39-41-43-45-47-54(59)65-52(51-64-56(55(60)61)62-49-48-57(3,4)5)50-63-53(58)46-44-42-40-38-36-34-19-17-15-13-11-9-7-2/h8-11,14-17,20-21,23-24,34,36,40,42,52,56H,6-7,12-13,18-19,22,25-33,35,37-39,41,43-51H2,1-5H3/b10-8-,11-9-,16-14-,17-15-,21-20-,24-23-,36-34-,42-40-. The maximum absolute atomic E-state index is 12.8. The summed E-state index contributed by atoms with van der Waals surface area (Å²) in [6.07, 6.45) is 59.0. The molecule has 0 spiro atoms. The summed E-state index contributed by atoms with van der Waals surface area (Å²) in [5.41, 5.74) is 0. The van der Waals surface area contributed by atoms with Gasteiger partial charge in [-0.05, 0) is 77.0 Å². The number of nitrogens with zero attached hydrogens (tertiary/aromatic N) is 1. The van der Waals surface area contributed by atoms with E-state index in [1.807, 2.05) is 33.3 Å². The number of unbranched alkanes of at least 4 members (excludes halogenated alkanes) is 14. The maximum Gasteiger partial charge on any atom is 0.306 e. The van der Waals surface area contributed by atoms with E-state index in [1.54, 1.807) is 0 Å². The van der Waals surface area contributed by atoms with Crippen LogP contribution in [0.1, 0.15) is 181 Å². The fourth-order valence-electron chi connectivity index (χ4n) is 6.48. The second-order valence-electron chi connectivity index (χ2n) is 17.7. The zero-order valence-corrected chi connectivity index (χ0v) is 41.8. The van der Waals surface area contributed by atoms with Crippen LogP contribution >= 0.6 is 0 Å². The molecule has 0 saturated heterocycles. The summed E-state index contributed by atoms with van der Waals surface area (Å²) in [6.45, 7) is 4.41. The summed E-state index contributed by atoms with van der Waals surface area (Å²) in [7, 11) is 5.89. The molecule has 0 aromatic heterocycles. The van der Waals surface area contributed by atoms with Crippen molar-refractivity contribution >= 4 is 17.9 Å². The molecule has 0 aliphatic rings. The van der Waals surface area contributed by atoms with Gasteiger partial charge in [0.15, 0.2) is 12.4 Å². The molecule has 2 atom stereocenters. The molecule has 0 heterocycles. The first-order chi connectivity index (χ1) is 31.6. The number of carbonyl (C=O) groups is 3. The Morgan fingerprint density at radius 3 is 1.29 bits per heavy atom. The molecule has 0 bridgehead atoms. The molecule has 0 aromatic carbocycles. The van der Waals surface area contributed by atoms with Crippen molar-refractivity contribution in [2.45, 2.75) is 193 Å². The molecule has 0 rings (SSSR count). The van der Waals surface area contributed by atoms with Gasteiger partial charge in [0.2, 0.25) is 0 Å². The Hall–Kier alpha value is -3.79. The first kappa shape index (κ1) is 61.2. The lowest BCUT2D eigenvalue weighted by molar-refractivity contribution is -0.870. The summed E-state index contributed by atoms with van der Waals surface area (Å²) in [4.78, 5) is 37.0. The van der Waals surface area contributed by atoms with E-state index >= 15 is 0 Å². The van der Waals surface area contributed by atoms with Crippen molar-refractivity contribution in [1.82, 2.24) is 0 Å². The first-order valence-corrected chi connectivity index (χ1v) is 25.4. The number of carboxylic acid groups (broad SMARTS) is 1. The Morgan fingerprint density at radius 1 is 0.462 bits per heavy atom. The molecule has 2 unspecified atom stereocenters. The summed E-state index contributed by atoms with van der Waals surface area (Å²) >= 11 is 0. The number of esters is 2. The fraction of sp³-hybridized carbons (Fsp3) is 0.661. The van der Waals surface area contributed by atoms with Gasteiger partial charge in [0.05, 0.1) is 40.3 Å². The molecule has 0 aliphatic carbocycles. The number of quaternary nitrogens is 1. The SMILES string of the molecule is CC/C=C\C/C=C\C/C=C\C/C=C\CCCCCCCCCCCCCCCCC(=O)OC(COC(=O)CC/C=C\C/C=C\C/C=C\C/C=C\CC)COC(OCC[N+](C)(C)C)C(=O)[O-]. The minimum Gasteiger partial charge on any atom is -0.545 e. The molecular weight excluding hydrogens is 815 g/mol. The van der Waals surface area contributed by atoms with Crippen LogP contribution in [-0.2, 0) is 33.3 Å². The predicted octanol–water partition coefficient (Wildman–Crippen LogP) is 12.9. The summed E-state index contributed by atoms with van der Waals surface area (Å²) in [5.74, 6) is -2.40. The second kappa shape index (κ2) is 46.7. The quantitative estimate of drug-likeness (QED) is 0.0195. The van der Waals surface area contributed by atoms with Crippen LogP contribution in [0.15, 0.2) is 97.2 Å². The molecule has 0 radical (unpaired) electrons. The molecule has 370 valence electrons. The zero-order valence-electron chi connectivity index (χ0n) is 41.8. The van der Waals surface area contributed by atoms with E-state index in [-0.39, 0.29) is 32.7 Å². The normalized spacial score (nSPS) is 13.7. The van der Waals surface area contributed by atoms with E-state index in [1.165, 1.54) is 70.6 Å². The number of aliphatic carboxylic acids is 1.